The van der Waals surface area contributed by atoms with E-state index in [9.17, 15) is 14.6 Å². The molecule has 2 aromatic carbocycles. The summed E-state index contributed by atoms with van der Waals surface area (Å²) in [5.41, 5.74) is 1.98. The smallest absolute Gasteiger partial charge is 0.165 e. The molecular formula is C19H22FNO3. The number of nitrogens with one attached hydrogen (secondary N) is 1. The number of hydrogen-bond acceptors (Lipinski definition) is 4. The highest BCUT2D eigenvalue weighted by molar-refractivity contribution is 5.36. The van der Waals surface area contributed by atoms with E-state index in [1.807, 2.05) is 12.1 Å². The zero-order chi connectivity index (χ0) is 17.0. The van der Waals surface area contributed by atoms with Crippen LogP contribution in [0.2, 0.25) is 0 Å². The molecule has 0 saturated heterocycles. The van der Waals surface area contributed by atoms with Gasteiger partial charge >= 0.3 is 0 Å². The minimum atomic E-state index is -0.795. The first-order valence-electron chi connectivity index (χ1n) is 8.10. The van der Waals surface area contributed by atoms with Gasteiger partial charge in [-0.25, -0.2) is 4.39 Å². The summed E-state index contributed by atoms with van der Waals surface area (Å²) in [6.45, 7) is 0.244. The van der Waals surface area contributed by atoms with Gasteiger partial charge in [-0.2, -0.15) is 0 Å². The van der Waals surface area contributed by atoms with Gasteiger partial charge in [0.05, 0.1) is 6.61 Å². The molecule has 0 spiro atoms. The summed E-state index contributed by atoms with van der Waals surface area (Å²) in [6.07, 6.45) is 0.651. The van der Waals surface area contributed by atoms with Gasteiger partial charge in [0, 0.05) is 12.1 Å². The lowest BCUT2D eigenvalue weighted by molar-refractivity contribution is 0.0842. The molecule has 2 aromatic rings. The molecule has 128 valence electrons. The fraction of sp³-hybridized carbons (Fsp3) is 0.368. The summed E-state index contributed by atoms with van der Waals surface area (Å²) in [5.74, 6) is -0.322. The minimum absolute atomic E-state index is 0.0113. The summed E-state index contributed by atoms with van der Waals surface area (Å²) < 4.78 is 18.8. The molecule has 1 atom stereocenters. The van der Waals surface area contributed by atoms with Crippen LogP contribution in [0.1, 0.15) is 11.1 Å². The van der Waals surface area contributed by atoms with Gasteiger partial charge in [-0.15, -0.1) is 0 Å². The van der Waals surface area contributed by atoms with Crippen molar-refractivity contribution in [3.63, 3.8) is 0 Å². The molecule has 0 amide bonds. The largest absolute Gasteiger partial charge is 0.488 e. The molecule has 0 fully saturated rings. The SMILES string of the molecule is OCC1(NCC(O)COc2ccccc2F)Cc2ccccc2C1. The van der Waals surface area contributed by atoms with Crippen LogP contribution in [-0.4, -0.2) is 41.6 Å². The first-order valence-corrected chi connectivity index (χ1v) is 8.10. The summed E-state index contributed by atoms with van der Waals surface area (Å²) in [7, 11) is 0. The van der Waals surface area contributed by atoms with Crippen LogP contribution in [0.3, 0.4) is 0 Å². The van der Waals surface area contributed by atoms with Gasteiger partial charge in [-0.3, -0.25) is 0 Å². The predicted molar refractivity (Wildman–Crippen MR) is 89.6 cm³/mol. The Morgan fingerprint density at radius 2 is 1.71 bits per heavy atom. The Morgan fingerprint density at radius 3 is 2.33 bits per heavy atom. The second-order valence-corrected chi connectivity index (χ2v) is 6.34. The van der Waals surface area contributed by atoms with Crippen LogP contribution in [0.25, 0.3) is 0 Å². The van der Waals surface area contributed by atoms with E-state index >= 15 is 0 Å². The van der Waals surface area contributed by atoms with Crippen LogP contribution in [-0.2, 0) is 12.8 Å². The predicted octanol–water partition coefficient (Wildman–Crippen LogP) is 1.68. The number of fused-ring (bicyclic) bond motifs is 1. The quantitative estimate of drug-likeness (QED) is 0.722. The van der Waals surface area contributed by atoms with Gasteiger partial charge in [-0.05, 0) is 36.1 Å². The van der Waals surface area contributed by atoms with Gasteiger partial charge in [0.1, 0.15) is 12.7 Å². The van der Waals surface area contributed by atoms with Crippen molar-refractivity contribution in [1.29, 1.82) is 0 Å². The van der Waals surface area contributed by atoms with Crippen molar-refractivity contribution in [1.82, 2.24) is 5.32 Å². The molecular weight excluding hydrogens is 309 g/mol. The number of benzene rings is 2. The lowest BCUT2D eigenvalue weighted by Crippen LogP contribution is -2.52. The van der Waals surface area contributed by atoms with Gasteiger partial charge in [-0.1, -0.05) is 36.4 Å². The lowest BCUT2D eigenvalue weighted by Gasteiger charge is -2.29. The third kappa shape index (κ3) is 3.75. The monoisotopic (exact) mass is 331 g/mol. The zero-order valence-electron chi connectivity index (χ0n) is 13.4. The van der Waals surface area contributed by atoms with E-state index < -0.39 is 17.5 Å². The van der Waals surface area contributed by atoms with Crippen molar-refractivity contribution in [2.24, 2.45) is 0 Å². The number of β-amino-alcohol motifs (C(OH)–C–C–N with tert-alkyl or cyclic N) is 1. The number of halogens is 1. The first kappa shape index (κ1) is 16.9. The number of aliphatic hydroxyl groups is 2. The summed E-state index contributed by atoms with van der Waals surface area (Å²) in [6, 6.07) is 14.2. The molecule has 0 saturated carbocycles. The van der Waals surface area contributed by atoms with E-state index in [0.717, 1.165) is 12.8 Å². The number of ether oxygens (including phenoxy) is 1. The lowest BCUT2D eigenvalue weighted by atomic mass is 9.96. The second-order valence-electron chi connectivity index (χ2n) is 6.34. The fourth-order valence-corrected chi connectivity index (χ4v) is 3.13. The van der Waals surface area contributed by atoms with E-state index in [2.05, 4.69) is 17.4 Å². The van der Waals surface area contributed by atoms with Crippen LogP contribution < -0.4 is 10.1 Å². The highest BCUT2D eigenvalue weighted by Crippen LogP contribution is 2.29. The molecule has 1 aliphatic carbocycles. The molecule has 0 radical (unpaired) electrons. The maximum Gasteiger partial charge on any atom is 0.165 e. The molecule has 0 aliphatic heterocycles. The Morgan fingerprint density at radius 1 is 1.08 bits per heavy atom. The fourth-order valence-electron chi connectivity index (χ4n) is 3.13. The van der Waals surface area contributed by atoms with Crippen molar-refractivity contribution < 1.29 is 19.3 Å². The first-order chi connectivity index (χ1) is 11.6. The van der Waals surface area contributed by atoms with Crippen molar-refractivity contribution >= 4 is 0 Å². The molecule has 5 heteroatoms. The molecule has 1 aliphatic rings. The third-order valence-electron chi connectivity index (χ3n) is 4.46. The Hall–Kier alpha value is -1.95. The summed E-state index contributed by atoms with van der Waals surface area (Å²) in [4.78, 5) is 0. The summed E-state index contributed by atoms with van der Waals surface area (Å²) in [5, 5.41) is 23.2. The van der Waals surface area contributed by atoms with Crippen molar-refractivity contribution in [2.75, 3.05) is 19.8 Å². The molecule has 4 nitrogen and oxygen atoms in total. The number of rotatable bonds is 7. The maximum atomic E-state index is 13.5. The molecule has 3 N–H and O–H groups in total. The standard InChI is InChI=1S/C19H22FNO3/c20-17-7-3-4-8-18(17)24-12-16(23)11-21-19(13-22)9-14-5-1-2-6-15(14)10-19/h1-8,16,21-23H,9-13H2. The van der Waals surface area contributed by atoms with Crippen LogP contribution >= 0.6 is 0 Å². The van der Waals surface area contributed by atoms with Crippen molar-refractivity contribution in [3.8, 4) is 5.75 Å². The second kappa shape index (κ2) is 7.30. The molecule has 0 bridgehead atoms. The van der Waals surface area contributed by atoms with Gasteiger partial charge in [0.2, 0.25) is 0 Å². The number of para-hydroxylation sites is 1. The van der Waals surface area contributed by atoms with Crippen LogP contribution in [0.4, 0.5) is 4.39 Å². The Bertz CT molecular complexity index is 667. The Labute approximate surface area is 140 Å². The zero-order valence-corrected chi connectivity index (χ0v) is 13.4. The molecule has 0 heterocycles. The topological polar surface area (TPSA) is 61.7 Å². The maximum absolute atomic E-state index is 13.5. The van der Waals surface area contributed by atoms with E-state index in [4.69, 9.17) is 4.74 Å². The van der Waals surface area contributed by atoms with Gasteiger partial charge < -0.3 is 20.3 Å². The van der Waals surface area contributed by atoms with E-state index in [1.54, 1.807) is 12.1 Å². The van der Waals surface area contributed by atoms with E-state index in [1.165, 1.54) is 23.3 Å². The Balaban J connectivity index is 1.52. The van der Waals surface area contributed by atoms with Crippen LogP contribution in [0, 0.1) is 5.82 Å². The van der Waals surface area contributed by atoms with Gasteiger partial charge in [0.25, 0.3) is 0 Å². The average molecular weight is 331 g/mol. The molecule has 0 aromatic heterocycles. The highest BCUT2D eigenvalue weighted by Gasteiger charge is 2.36. The van der Waals surface area contributed by atoms with E-state index in [-0.39, 0.29) is 25.5 Å². The molecule has 3 rings (SSSR count). The number of aliphatic hydroxyl groups excluding tert-OH is 2. The normalized spacial score (nSPS) is 16.6. The Kier molecular flexibility index (Phi) is 5.14. The number of hydrogen-bond donors (Lipinski definition) is 3. The highest BCUT2D eigenvalue weighted by atomic mass is 19.1. The molecule has 24 heavy (non-hydrogen) atoms. The summed E-state index contributed by atoms with van der Waals surface area (Å²) >= 11 is 0. The van der Waals surface area contributed by atoms with Crippen LogP contribution in [0.5, 0.6) is 5.75 Å². The molecule has 1 unspecified atom stereocenters. The van der Waals surface area contributed by atoms with Crippen LogP contribution in [0.15, 0.2) is 48.5 Å². The average Bonchev–Trinajstić information content (AvgIpc) is 2.98. The third-order valence-corrected chi connectivity index (χ3v) is 4.46. The van der Waals surface area contributed by atoms with Crippen molar-refractivity contribution in [2.45, 2.75) is 24.5 Å². The van der Waals surface area contributed by atoms with Gasteiger partial charge in [0.15, 0.2) is 11.6 Å². The van der Waals surface area contributed by atoms with Crippen molar-refractivity contribution in [3.05, 3.63) is 65.5 Å². The minimum Gasteiger partial charge on any atom is -0.488 e. The van der Waals surface area contributed by atoms with E-state index in [0.29, 0.717) is 0 Å².